The molecule has 0 spiro atoms. The molecule has 0 radical (unpaired) electrons. The number of carbonyl (C=O) groups is 1. The molecule has 0 aromatic rings. The Kier molecular flexibility index (Phi) is 63.0. The van der Waals surface area contributed by atoms with E-state index in [2.05, 4.69) is 129 Å². The van der Waals surface area contributed by atoms with Crippen LogP contribution in [0.25, 0.3) is 0 Å². The summed E-state index contributed by atoms with van der Waals surface area (Å²) in [6.07, 6.45) is 97.5. The predicted octanol–water partition coefficient (Wildman–Crippen LogP) is 22.2. The molecule has 2 N–H and O–H groups in total. The van der Waals surface area contributed by atoms with Crippen LogP contribution in [0.5, 0.6) is 0 Å². The summed E-state index contributed by atoms with van der Waals surface area (Å²) in [4.78, 5) is 25.6. The number of quaternary nitrogens is 1. The molecule has 3 unspecified atom stereocenters. The minimum Gasteiger partial charge on any atom is -0.756 e. The molecule has 0 aliphatic rings. The SMILES string of the molecule is CC/C=C\C/C=C\C/C=C\C/C=C\C/C=C\C/C=C\C/C=C\C/C=C\C/C=C\CCCCCC(=O)NC(COP(=O)([O-])OCC[N+](C)(C)C)C(O)/C=C/CCCCCCCCCCCCCCCCCCCCCCCCCCCCCCCC. The van der Waals surface area contributed by atoms with Gasteiger partial charge in [0.25, 0.3) is 7.82 Å². The van der Waals surface area contributed by atoms with Gasteiger partial charge in [-0.3, -0.25) is 9.36 Å². The van der Waals surface area contributed by atoms with E-state index in [4.69, 9.17) is 9.05 Å². The minimum absolute atomic E-state index is 0.0141. The number of aliphatic hydroxyl groups excluding tert-OH is 1. The Labute approximate surface area is 526 Å². The summed E-state index contributed by atoms with van der Waals surface area (Å²) in [7, 11) is 1.23. The average Bonchev–Trinajstić information content (AvgIpc) is 3.49. The second-order valence-corrected chi connectivity index (χ2v) is 26.3. The fourth-order valence-electron chi connectivity index (χ4n) is 9.97. The van der Waals surface area contributed by atoms with Crippen LogP contribution in [0.2, 0.25) is 0 Å². The van der Waals surface area contributed by atoms with Gasteiger partial charge in [-0.25, -0.2) is 0 Å². The number of carbonyl (C=O) groups excluding carboxylic acids is 1. The van der Waals surface area contributed by atoms with Crippen LogP contribution in [0.4, 0.5) is 0 Å². The lowest BCUT2D eigenvalue weighted by molar-refractivity contribution is -0.870. The van der Waals surface area contributed by atoms with Crippen LogP contribution in [0.15, 0.2) is 122 Å². The molecule has 0 bridgehead atoms. The molecule has 1 amide bonds. The third kappa shape index (κ3) is 68.3. The highest BCUT2D eigenvalue weighted by molar-refractivity contribution is 7.45. The van der Waals surface area contributed by atoms with E-state index >= 15 is 0 Å². The van der Waals surface area contributed by atoms with E-state index in [-0.39, 0.29) is 12.5 Å². The lowest BCUT2D eigenvalue weighted by Gasteiger charge is -2.29. The minimum atomic E-state index is -4.62. The Morgan fingerprint density at radius 3 is 1.05 bits per heavy atom. The van der Waals surface area contributed by atoms with Crippen molar-refractivity contribution in [3.05, 3.63) is 122 Å². The Morgan fingerprint density at radius 2 is 0.718 bits per heavy atom. The van der Waals surface area contributed by atoms with Crippen LogP contribution in [-0.4, -0.2) is 68.5 Å². The molecule has 0 saturated carbocycles. The summed E-state index contributed by atoms with van der Waals surface area (Å²) < 4.78 is 23.4. The number of rotatable bonds is 64. The third-order valence-electron chi connectivity index (χ3n) is 15.4. The zero-order valence-electron chi connectivity index (χ0n) is 56.0. The van der Waals surface area contributed by atoms with Crippen molar-refractivity contribution in [1.82, 2.24) is 5.32 Å². The van der Waals surface area contributed by atoms with E-state index in [1.54, 1.807) is 6.08 Å². The highest BCUT2D eigenvalue weighted by atomic mass is 31.2. The van der Waals surface area contributed by atoms with Gasteiger partial charge in [0, 0.05) is 6.42 Å². The van der Waals surface area contributed by atoms with Crippen molar-refractivity contribution in [3.8, 4) is 0 Å². The topological polar surface area (TPSA) is 108 Å². The molecule has 0 aromatic heterocycles. The number of phosphoric acid groups is 1. The number of unbranched alkanes of at least 4 members (excludes halogenated alkanes) is 33. The number of phosphoric ester groups is 1. The van der Waals surface area contributed by atoms with Crippen molar-refractivity contribution < 1.29 is 32.9 Å². The molecule has 0 aliphatic heterocycles. The highest BCUT2D eigenvalue weighted by Crippen LogP contribution is 2.38. The average molecular weight is 1200 g/mol. The lowest BCUT2D eigenvalue weighted by atomic mass is 10.0. The van der Waals surface area contributed by atoms with Crippen LogP contribution < -0.4 is 10.2 Å². The Bertz CT molecular complexity index is 1800. The van der Waals surface area contributed by atoms with Crippen LogP contribution >= 0.6 is 7.82 Å². The number of nitrogens with zero attached hydrogens (tertiary/aromatic N) is 1. The normalized spacial score (nSPS) is 14.4. The van der Waals surface area contributed by atoms with Crippen LogP contribution in [-0.2, 0) is 18.4 Å². The molecular formula is C76H135N2O6P. The Balaban J connectivity index is 4.18. The first kappa shape index (κ1) is 81.9. The van der Waals surface area contributed by atoms with Gasteiger partial charge in [0.15, 0.2) is 0 Å². The van der Waals surface area contributed by atoms with Gasteiger partial charge in [0.05, 0.1) is 39.9 Å². The summed E-state index contributed by atoms with van der Waals surface area (Å²) >= 11 is 0. The van der Waals surface area contributed by atoms with Gasteiger partial charge in [0.1, 0.15) is 13.2 Å². The van der Waals surface area contributed by atoms with Gasteiger partial charge >= 0.3 is 0 Å². The molecule has 85 heavy (non-hydrogen) atoms. The quantitative estimate of drug-likeness (QED) is 0.0272. The lowest BCUT2D eigenvalue weighted by Crippen LogP contribution is -2.45. The molecule has 8 nitrogen and oxygen atoms in total. The molecule has 0 aliphatic carbocycles. The smallest absolute Gasteiger partial charge is 0.268 e. The van der Waals surface area contributed by atoms with E-state index in [1.165, 1.54) is 180 Å². The van der Waals surface area contributed by atoms with Crippen LogP contribution in [0.1, 0.15) is 303 Å². The molecule has 0 fully saturated rings. The molecule has 0 aromatic carbocycles. The molecule has 0 heterocycles. The van der Waals surface area contributed by atoms with Gasteiger partial charge in [0.2, 0.25) is 5.91 Å². The zero-order chi connectivity index (χ0) is 61.9. The monoisotopic (exact) mass is 1200 g/mol. The number of hydrogen-bond donors (Lipinski definition) is 2. The maximum absolute atomic E-state index is 13.0. The van der Waals surface area contributed by atoms with E-state index in [0.717, 1.165) is 96.3 Å². The van der Waals surface area contributed by atoms with Crippen molar-refractivity contribution in [3.63, 3.8) is 0 Å². The number of hydrogen-bond acceptors (Lipinski definition) is 6. The van der Waals surface area contributed by atoms with E-state index < -0.39 is 26.6 Å². The van der Waals surface area contributed by atoms with E-state index in [9.17, 15) is 19.4 Å². The summed E-state index contributed by atoms with van der Waals surface area (Å²) in [5.41, 5.74) is 0. The first-order valence-corrected chi connectivity index (χ1v) is 36.9. The molecule has 9 heteroatoms. The number of likely N-dealkylation sites (N-methyl/N-ethyl adjacent to an activating group) is 1. The molecule has 0 rings (SSSR count). The third-order valence-corrected chi connectivity index (χ3v) is 16.4. The standard InChI is InChI=1S/C76H135N2O6P/c1-6-8-10-12-14-16-18-20-22-24-26-28-30-32-34-36-38-40-41-43-45-47-49-51-53-55-57-59-61-63-65-67-69-75(79)74(73-84-85(81,82)83-72-71-78(3,4)5)77-76(80)70-68-66-64-62-60-58-56-54-52-50-48-46-44-42-39-37-35-33-31-29-27-25-23-21-19-17-15-13-11-9-7-2/h9,11,15,17,21,23,27,29,33,35,39,42,46,48,52,54,58,60,67,69,74-75,79H,6-8,10,12-14,16,18-20,22,24-26,28,30-32,34,36-38,40-41,43-45,47,49-51,53,55-57,59,61-66,68,70-73H2,1-5H3,(H-,77,80,81,82)/b11-9-,17-15-,23-21-,29-27-,35-33-,42-39-,48-46-,54-52-,60-58-,69-67+. The number of allylic oxidation sites excluding steroid dienone is 19. The van der Waals surface area contributed by atoms with Gasteiger partial charge in [-0.1, -0.05) is 328 Å². The second kappa shape index (κ2) is 65.3. The summed E-state index contributed by atoms with van der Waals surface area (Å²) in [5, 5.41) is 13.9. The number of amides is 1. The maximum Gasteiger partial charge on any atom is 0.268 e. The zero-order valence-corrected chi connectivity index (χ0v) is 56.9. The van der Waals surface area contributed by atoms with E-state index in [1.807, 2.05) is 27.2 Å². The fourth-order valence-corrected chi connectivity index (χ4v) is 10.7. The Hall–Kier alpha value is -3.10. The largest absolute Gasteiger partial charge is 0.756 e. The molecule has 490 valence electrons. The van der Waals surface area contributed by atoms with Gasteiger partial charge in [-0.15, -0.1) is 0 Å². The van der Waals surface area contributed by atoms with Crippen molar-refractivity contribution in [2.24, 2.45) is 0 Å². The first-order valence-electron chi connectivity index (χ1n) is 35.4. The van der Waals surface area contributed by atoms with Crippen molar-refractivity contribution in [2.45, 2.75) is 315 Å². The first-order chi connectivity index (χ1) is 41.5. The van der Waals surface area contributed by atoms with Gasteiger partial charge in [-0.05, 0) is 89.9 Å². The van der Waals surface area contributed by atoms with Crippen molar-refractivity contribution >= 4 is 13.7 Å². The predicted molar refractivity (Wildman–Crippen MR) is 371 cm³/mol. The van der Waals surface area contributed by atoms with Crippen LogP contribution in [0, 0.1) is 0 Å². The second-order valence-electron chi connectivity index (χ2n) is 24.9. The summed E-state index contributed by atoms with van der Waals surface area (Å²) in [6, 6.07) is -0.916. The number of nitrogens with one attached hydrogen (secondary N) is 1. The molecular weight excluding hydrogens is 1070 g/mol. The van der Waals surface area contributed by atoms with Crippen LogP contribution in [0.3, 0.4) is 0 Å². The Morgan fingerprint density at radius 1 is 0.424 bits per heavy atom. The fraction of sp³-hybridized carbons (Fsp3) is 0.724. The van der Waals surface area contributed by atoms with Crippen molar-refractivity contribution in [2.75, 3.05) is 40.9 Å². The summed E-state index contributed by atoms with van der Waals surface area (Å²) in [5.74, 6) is -0.231. The molecule has 3 atom stereocenters. The highest BCUT2D eigenvalue weighted by Gasteiger charge is 2.23. The maximum atomic E-state index is 13.0. The van der Waals surface area contributed by atoms with E-state index in [0.29, 0.717) is 23.9 Å². The van der Waals surface area contributed by atoms with Gasteiger partial charge in [-0.2, -0.15) is 0 Å². The van der Waals surface area contributed by atoms with Gasteiger partial charge < -0.3 is 28.8 Å². The number of aliphatic hydroxyl groups is 1. The molecule has 0 saturated heterocycles. The van der Waals surface area contributed by atoms with Crippen molar-refractivity contribution in [1.29, 1.82) is 0 Å². The summed E-state index contributed by atoms with van der Waals surface area (Å²) in [6.45, 7) is 4.53.